The van der Waals surface area contributed by atoms with E-state index < -0.39 is 6.10 Å². The Morgan fingerprint density at radius 2 is 1.78 bits per heavy atom. The number of benzene rings is 2. The number of carbonyl (C=O) groups excluding carboxylic acids is 2. The first kappa shape index (κ1) is 23.8. The van der Waals surface area contributed by atoms with E-state index in [9.17, 15) is 4.79 Å². The van der Waals surface area contributed by atoms with Crippen LogP contribution in [0, 0.1) is 0 Å². The normalized spacial score (nSPS) is 14.3. The molecule has 1 unspecified atom stereocenters. The predicted molar refractivity (Wildman–Crippen MR) is 128 cm³/mol. The zero-order chi connectivity index (χ0) is 23.1. The maximum Gasteiger partial charge on any atom is 0.263 e. The molecule has 2 amide bonds. The van der Waals surface area contributed by atoms with E-state index in [1.165, 1.54) is 6.42 Å². The van der Waals surface area contributed by atoms with Gasteiger partial charge in [-0.2, -0.15) is 0 Å². The van der Waals surface area contributed by atoms with Crippen LogP contribution in [0.4, 0.5) is 0 Å². The standard InChI is InChI=1S/C23H22Cl2N2O2.CH3NO/c1-15(23(28)27-11-5-2-6-12-27)29-16-9-10-18-19(14-22(25)26-21(18)13-16)17-7-3-4-8-20(17)24;2-1-3/h3-4,7-10,13-15H,2,5-6,11-12H2,1H3;1H,(H2,2,3). The highest BCUT2D eigenvalue weighted by atomic mass is 35.5. The fourth-order valence-electron chi connectivity index (χ4n) is 3.78. The lowest BCUT2D eigenvalue weighted by atomic mass is 10.0. The first-order valence-corrected chi connectivity index (χ1v) is 11.2. The van der Waals surface area contributed by atoms with Gasteiger partial charge in [0.15, 0.2) is 6.10 Å². The Hall–Kier alpha value is -2.83. The van der Waals surface area contributed by atoms with Crippen LogP contribution in [-0.2, 0) is 9.59 Å². The zero-order valence-corrected chi connectivity index (χ0v) is 19.3. The predicted octanol–water partition coefficient (Wildman–Crippen LogP) is 5.09. The topological polar surface area (TPSA) is 85.5 Å². The number of primary amides is 1. The third-order valence-corrected chi connectivity index (χ3v) is 5.77. The van der Waals surface area contributed by atoms with E-state index in [0.717, 1.165) is 42.4 Å². The monoisotopic (exact) mass is 473 g/mol. The Morgan fingerprint density at radius 1 is 1.09 bits per heavy atom. The molecule has 32 heavy (non-hydrogen) atoms. The number of nitrogens with zero attached hydrogens (tertiary/aromatic N) is 2. The number of piperidine rings is 1. The van der Waals surface area contributed by atoms with Crippen molar-refractivity contribution < 1.29 is 14.3 Å². The molecule has 2 N–H and O–H groups in total. The summed E-state index contributed by atoms with van der Waals surface area (Å²) in [6, 6.07) is 15.1. The molecule has 6 nitrogen and oxygen atoms in total. The molecular formula is C24H25Cl2N3O3. The number of amides is 2. The van der Waals surface area contributed by atoms with Gasteiger partial charge in [-0.15, -0.1) is 0 Å². The fourth-order valence-corrected chi connectivity index (χ4v) is 4.22. The minimum atomic E-state index is -0.548. The van der Waals surface area contributed by atoms with Crippen LogP contribution in [0.25, 0.3) is 22.0 Å². The van der Waals surface area contributed by atoms with Gasteiger partial charge in [-0.25, -0.2) is 4.98 Å². The molecule has 2 heterocycles. The van der Waals surface area contributed by atoms with E-state index in [2.05, 4.69) is 10.7 Å². The molecular weight excluding hydrogens is 449 g/mol. The highest BCUT2D eigenvalue weighted by molar-refractivity contribution is 6.34. The highest BCUT2D eigenvalue weighted by Gasteiger charge is 2.23. The molecule has 1 aromatic heterocycles. The number of aromatic nitrogens is 1. The second-order valence-electron chi connectivity index (χ2n) is 7.43. The van der Waals surface area contributed by atoms with E-state index in [-0.39, 0.29) is 12.3 Å². The molecule has 3 aromatic rings. The van der Waals surface area contributed by atoms with Crippen LogP contribution >= 0.6 is 23.2 Å². The van der Waals surface area contributed by atoms with Crippen molar-refractivity contribution in [2.45, 2.75) is 32.3 Å². The maximum absolute atomic E-state index is 12.6. The first-order valence-electron chi connectivity index (χ1n) is 10.4. The molecule has 8 heteroatoms. The Morgan fingerprint density at radius 3 is 2.47 bits per heavy atom. The lowest BCUT2D eigenvalue weighted by molar-refractivity contribution is -0.138. The number of pyridine rings is 1. The summed E-state index contributed by atoms with van der Waals surface area (Å²) in [6.07, 6.45) is 3.00. The van der Waals surface area contributed by atoms with Crippen LogP contribution in [0.5, 0.6) is 5.75 Å². The van der Waals surface area contributed by atoms with Gasteiger partial charge in [-0.3, -0.25) is 9.59 Å². The molecule has 0 spiro atoms. The molecule has 1 atom stereocenters. The average Bonchev–Trinajstić information content (AvgIpc) is 2.79. The molecule has 0 saturated carbocycles. The largest absolute Gasteiger partial charge is 0.481 e. The van der Waals surface area contributed by atoms with Gasteiger partial charge in [0.05, 0.1) is 5.52 Å². The van der Waals surface area contributed by atoms with E-state index >= 15 is 0 Å². The Kier molecular flexibility index (Phi) is 8.31. The molecule has 1 saturated heterocycles. The van der Waals surface area contributed by atoms with Gasteiger partial charge in [0.1, 0.15) is 10.9 Å². The van der Waals surface area contributed by atoms with Gasteiger partial charge in [0, 0.05) is 35.1 Å². The Balaban J connectivity index is 0.000000913. The second kappa shape index (κ2) is 11.2. The summed E-state index contributed by atoms with van der Waals surface area (Å²) in [5, 5.41) is 1.95. The molecule has 2 aromatic carbocycles. The van der Waals surface area contributed by atoms with Gasteiger partial charge >= 0.3 is 0 Å². The summed E-state index contributed by atoms with van der Waals surface area (Å²) in [6.45, 7) is 3.41. The Bertz CT molecular complexity index is 1100. The van der Waals surface area contributed by atoms with Crippen molar-refractivity contribution in [3.8, 4) is 16.9 Å². The number of nitrogens with two attached hydrogens (primary N) is 1. The Labute approximate surface area is 197 Å². The number of halogens is 2. The molecule has 0 radical (unpaired) electrons. The van der Waals surface area contributed by atoms with Crippen LogP contribution in [-0.4, -0.2) is 41.4 Å². The van der Waals surface area contributed by atoms with Crippen LogP contribution < -0.4 is 10.5 Å². The third-order valence-electron chi connectivity index (χ3n) is 5.24. The van der Waals surface area contributed by atoms with Gasteiger partial charge in [0.2, 0.25) is 6.41 Å². The molecule has 0 bridgehead atoms. The van der Waals surface area contributed by atoms with Gasteiger partial charge in [-0.05, 0) is 56.0 Å². The number of fused-ring (bicyclic) bond motifs is 1. The minimum absolute atomic E-state index is 0.0283. The van der Waals surface area contributed by atoms with Crippen LogP contribution in [0.3, 0.4) is 0 Å². The van der Waals surface area contributed by atoms with Crippen LogP contribution in [0.1, 0.15) is 26.2 Å². The first-order chi connectivity index (χ1) is 15.4. The van der Waals surface area contributed by atoms with Crippen molar-refractivity contribution in [1.82, 2.24) is 9.88 Å². The highest BCUT2D eigenvalue weighted by Crippen LogP contribution is 2.35. The van der Waals surface area contributed by atoms with Crippen LogP contribution in [0.2, 0.25) is 10.2 Å². The van der Waals surface area contributed by atoms with Crippen molar-refractivity contribution >= 4 is 46.4 Å². The average molecular weight is 474 g/mol. The zero-order valence-electron chi connectivity index (χ0n) is 17.8. The number of likely N-dealkylation sites (tertiary alicyclic amines) is 1. The smallest absolute Gasteiger partial charge is 0.263 e. The summed E-state index contributed by atoms with van der Waals surface area (Å²) in [5.74, 6) is 0.621. The van der Waals surface area contributed by atoms with Crippen molar-refractivity contribution in [1.29, 1.82) is 0 Å². The summed E-state index contributed by atoms with van der Waals surface area (Å²) >= 11 is 12.7. The lowest BCUT2D eigenvalue weighted by Gasteiger charge is -2.29. The minimum Gasteiger partial charge on any atom is -0.481 e. The number of ether oxygens (including phenoxy) is 1. The molecule has 1 aliphatic rings. The number of carbonyl (C=O) groups is 2. The molecule has 1 aliphatic heterocycles. The fraction of sp³-hybridized carbons (Fsp3) is 0.292. The van der Waals surface area contributed by atoms with Crippen molar-refractivity contribution in [3.05, 3.63) is 58.7 Å². The number of hydrogen-bond acceptors (Lipinski definition) is 4. The van der Waals surface area contributed by atoms with E-state index in [1.807, 2.05) is 53.4 Å². The quantitative estimate of drug-likeness (QED) is 0.422. The van der Waals surface area contributed by atoms with Crippen molar-refractivity contribution in [2.75, 3.05) is 13.1 Å². The van der Waals surface area contributed by atoms with E-state index in [1.54, 1.807) is 6.92 Å². The van der Waals surface area contributed by atoms with Crippen molar-refractivity contribution in [3.63, 3.8) is 0 Å². The SMILES string of the molecule is CC(Oc1ccc2c(-c3ccccc3Cl)cc(Cl)nc2c1)C(=O)N1CCCCC1.NC=O. The second-order valence-corrected chi connectivity index (χ2v) is 8.23. The van der Waals surface area contributed by atoms with Crippen LogP contribution in [0.15, 0.2) is 48.5 Å². The summed E-state index contributed by atoms with van der Waals surface area (Å²) in [5.41, 5.74) is 6.67. The van der Waals surface area contributed by atoms with Gasteiger partial charge in [0.25, 0.3) is 5.91 Å². The maximum atomic E-state index is 12.6. The van der Waals surface area contributed by atoms with Gasteiger partial charge < -0.3 is 15.4 Å². The number of hydrogen-bond donors (Lipinski definition) is 1. The van der Waals surface area contributed by atoms with E-state index in [4.69, 9.17) is 32.7 Å². The van der Waals surface area contributed by atoms with E-state index in [0.29, 0.717) is 21.4 Å². The number of rotatable bonds is 4. The summed E-state index contributed by atoms with van der Waals surface area (Å²) < 4.78 is 5.95. The molecule has 1 fully saturated rings. The summed E-state index contributed by atoms with van der Waals surface area (Å²) in [4.78, 5) is 27.6. The molecule has 168 valence electrons. The molecule has 4 rings (SSSR count). The van der Waals surface area contributed by atoms with Gasteiger partial charge in [-0.1, -0.05) is 41.4 Å². The third kappa shape index (κ3) is 5.69. The molecule has 0 aliphatic carbocycles. The van der Waals surface area contributed by atoms with Crippen molar-refractivity contribution in [2.24, 2.45) is 5.73 Å². The lowest BCUT2D eigenvalue weighted by Crippen LogP contribution is -2.43. The summed E-state index contributed by atoms with van der Waals surface area (Å²) in [7, 11) is 0.